The fourth-order valence-electron chi connectivity index (χ4n) is 3.33. The van der Waals surface area contributed by atoms with E-state index in [1.54, 1.807) is 6.20 Å². The largest absolute Gasteiger partial charge is 0.321 e. The predicted octanol–water partition coefficient (Wildman–Crippen LogP) is 6.28. The number of anilines is 1. The molecule has 0 aliphatic rings. The summed E-state index contributed by atoms with van der Waals surface area (Å²) >= 11 is 1.51. The van der Waals surface area contributed by atoms with Crippen LogP contribution in [0.3, 0.4) is 0 Å². The van der Waals surface area contributed by atoms with Gasteiger partial charge in [0.05, 0.1) is 5.69 Å². The van der Waals surface area contributed by atoms with Crippen molar-refractivity contribution in [3.63, 3.8) is 0 Å². The van der Waals surface area contributed by atoms with Gasteiger partial charge < -0.3 is 5.32 Å². The van der Waals surface area contributed by atoms with Gasteiger partial charge >= 0.3 is 0 Å². The number of amides is 1. The van der Waals surface area contributed by atoms with E-state index in [1.807, 2.05) is 91.0 Å². The molecule has 0 saturated heterocycles. The molecule has 0 bridgehead atoms. The first-order valence-corrected chi connectivity index (χ1v) is 10.4. The SMILES string of the molecule is O=C(Nc1ccccc1-c1nc2cccnc2s1)c1cccc(-c2ccccc2)c1. The average molecular weight is 407 g/mol. The number of benzene rings is 3. The zero-order valence-electron chi connectivity index (χ0n) is 15.9. The van der Waals surface area contributed by atoms with E-state index < -0.39 is 0 Å². The molecule has 4 nitrogen and oxygen atoms in total. The molecule has 0 aliphatic carbocycles. The van der Waals surface area contributed by atoms with E-state index in [1.165, 1.54) is 11.3 Å². The van der Waals surface area contributed by atoms with E-state index in [0.717, 1.165) is 37.7 Å². The Labute approximate surface area is 177 Å². The molecule has 0 saturated carbocycles. The van der Waals surface area contributed by atoms with Gasteiger partial charge in [-0.05, 0) is 47.5 Å². The number of pyridine rings is 1. The quantitative estimate of drug-likeness (QED) is 0.382. The van der Waals surface area contributed by atoms with Crippen LogP contribution in [0, 0.1) is 0 Å². The molecule has 0 spiro atoms. The predicted molar refractivity (Wildman–Crippen MR) is 123 cm³/mol. The van der Waals surface area contributed by atoms with Gasteiger partial charge in [0.25, 0.3) is 5.91 Å². The summed E-state index contributed by atoms with van der Waals surface area (Å²) in [6.45, 7) is 0. The number of aromatic nitrogens is 2. The lowest BCUT2D eigenvalue weighted by atomic mass is 10.0. The van der Waals surface area contributed by atoms with Crippen LogP contribution in [0.15, 0.2) is 97.2 Å². The van der Waals surface area contributed by atoms with Gasteiger partial charge in [-0.3, -0.25) is 4.79 Å². The Bertz CT molecular complexity index is 1310. The van der Waals surface area contributed by atoms with Gasteiger partial charge in [0, 0.05) is 17.3 Å². The molecule has 0 unspecified atom stereocenters. The standard InChI is InChI=1S/C25H17N3OS/c29-23(19-11-6-10-18(16-19)17-8-2-1-3-9-17)27-21-13-5-4-12-20(21)24-28-22-14-7-15-26-25(22)30-24/h1-16H,(H,27,29). The number of carbonyl (C=O) groups excluding carboxylic acids is 1. The first kappa shape index (κ1) is 18.2. The van der Waals surface area contributed by atoms with Gasteiger partial charge in [0.2, 0.25) is 0 Å². The van der Waals surface area contributed by atoms with Crippen LogP contribution in [0.4, 0.5) is 5.69 Å². The Balaban J connectivity index is 1.46. The molecule has 1 amide bonds. The highest BCUT2D eigenvalue weighted by molar-refractivity contribution is 7.21. The number of fused-ring (bicyclic) bond motifs is 1. The highest BCUT2D eigenvalue weighted by atomic mass is 32.1. The van der Waals surface area contributed by atoms with Crippen molar-refractivity contribution in [1.82, 2.24) is 9.97 Å². The number of nitrogens with one attached hydrogen (secondary N) is 1. The van der Waals surface area contributed by atoms with Crippen molar-refractivity contribution in [3.8, 4) is 21.7 Å². The van der Waals surface area contributed by atoms with Crippen LogP contribution in [-0.4, -0.2) is 15.9 Å². The monoisotopic (exact) mass is 407 g/mol. The summed E-state index contributed by atoms with van der Waals surface area (Å²) in [5, 5.41) is 3.89. The van der Waals surface area contributed by atoms with Crippen LogP contribution >= 0.6 is 11.3 Å². The average Bonchev–Trinajstić information content (AvgIpc) is 3.24. The molecule has 0 atom stereocenters. The molecular weight excluding hydrogens is 390 g/mol. The maximum absolute atomic E-state index is 13.0. The number of rotatable bonds is 4. The van der Waals surface area contributed by atoms with E-state index in [-0.39, 0.29) is 5.91 Å². The van der Waals surface area contributed by atoms with Crippen molar-refractivity contribution in [1.29, 1.82) is 0 Å². The topological polar surface area (TPSA) is 54.9 Å². The lowest BCUT2D eigenvalue weighted by molar-refractivity contribution is 0.102. The number of para-hydroxylation sites is 1. The third-order valence-electron chi connectivity index (χ3n) is 4.80. The molecule has 5 aromatic rings. The number of hydrogen-bond acceptors (Lipinski definition) is 4. The first-order chi connectivity index (χ1) is 14.8. The maximum Gasteiger partial charge on any atom is 0.255 e. The highest BCUT2D eigenvalue weighted by Crippen LogP contribution is 2.34. The molecule has 1 N–H and O–H groups in total. The summed E-state index contributed by atoms with van der Waals surface area (Å²) < 4.78 is 0. The van der Waals surface area contributed by atoms with Gasteiger partial charge in [0.15, 0.2) is 0 Å². The Hall–Kier alpha value is -3.83. The molecule has 3 aromatic carbocycles. The molecule has 5 heteroatoms. The number of nitrogens with zero attached hydrogens (tertiary/aromatic N) is 2. The van der Waals surface area contributed by atoms with E-state index in [2.05, 4.69) is 15.3 Å². The van der Waals surface area contributed by atoms with Crippen LogP contribution in [0.5, 0.6) is 0 Å². The van der Waals surface area contributed by atoms with E-state index >= 15 is 0 Å². The van der Waals surface area contributed by atoms with Crippen molar-refractivity contribution >= 4 is 33.3 Å². The Kier molecular flexibility index (Phi) is 4.79. The lowest BCUT2D eigenvalue weighted by Gasteiger charge is -2.10. The third kappa shape index (κ3) is 3.58. The normalized spacial score (nSPS) is 10.8. The summed E-state index contributed by atoms with van der Waals surface area (Å²) in [6, 6.07) is 29.2. The van der Waals surface area contributed by atoms with Gasteiger partial charge in [0.1, 0.15) is 15.4 Å². The van der Waals surface area contributed by atoms with E-state index in [9.17, 15) is 4.79 Å². The molecule has 144 valence electrons. The van der Waals surface area contributed by atoms with Gasteiger partial charge in [-0.25, -0.2) is 9.97 Å². The second-order valence-electron chi connectivity index (χ2n) is 6.79. The Morgan fingerprint density at radius 3 is 2.47 bits per heavy atom. The zero-order chi connectivity index (χ0) is 20.3. The smallest absolute Gasteiger partial charge is 0.255 e. The van der Waals surface area contributed by atoms with Crippen LogP contribution in [0.2, 0.25) is 0 Å². The Morgan fingerprint density at radius 2 is 1.60 bits per heavy atom. The second kappa shape index (κ2) is 7.89. The Morgan fingerprint density at radius 1 is 0.800 bits per heavy atom. The highest BCUT2D eigenvalue weighted by Gasteiger charge is 2.14. The number of thiazole rings is 1. The minimum Gasteiger partial charge on any atom is -0.321 e. The van der Waals surface area contributed by atoms with Crippen molar-refractivity contribution < 1.29 is 4.79 Å². The minimum absolute atomic E-state index is 0.153. The van der Waals surface area contributed by atoms with Crippen LogP contribution in [0.25, 0.3) is 32.0 Å². The molecular formula is C25H17N3OS. The molecule has 0 aliphatic heterocycles. The molecule has 2 heterocycles. The van der Waals surface area contributed by atoms with Crippen molar-refractivity contribution in [2.45, 2.75) is 0 Å². The summed E-state index contributed by atoms with van der Waals surface area (Å²) in [6.07, 6.45) is 1.76. The lowest BCUT2D eigenvalue weighted by Crippen LogP contribution is -2.12. The van der Waals surface area contributed by atoms with Gasteiger partial charge in [-0.2, -0.15) is 0 Å². The van der Waals surface area contributed by atoms with E-state index in [4.69, 9.17) is 0 Å². The number of hydrogen-bond donors (Lipinski definition) is 1. The molecule has 30 heavy (non-hydrogen) atoms. The van der Waals surface area contributed by atoms with Gasteiger partial charge in [-0.15, -0.1) is 0 Å². The summed E-state index contributed by atoms with van der Waals surface area (Å²) in [7, 11) is 0. The summed E-state index contributed by atoms with van der Waals surface area (Å²) in [5.41, 5.74) is 5.16. The van der Waals surface area contributed by atoms with Crippen molar-refractivity contribution in [3.05, 3.63) is 103 Å². The fraction of sp³-hybridized carbons (Fsp3) is 0. The van der Waals surface area contributed by atoms with Crippen molar-refractivity contribution in [2.75, 3.05) is 5.32 Å². The third-order valence-corrected chi connectivity index (χ3v) is 5.82. The van der Waals surface area contributed by atoms with E-state index in [0.29, 0.717) is 5.56 Å². The van der Waals surface area contributed by atoms with Crippen molar-refractivity contribution in [2.24, 2.45) is 0 Å². The second-order valence-corrected chi connectivity index (χ2v) is 7.77. The zero-order valence-corrected chi connectivity index (χ0v) is 16.8. The summed E-state index contributed by atoms with van der Waals surface area (Å²) in [4.78, 5) is 22.9. The summed E-state index contributed by atoms with van der Waals surface area (Å²) in [5.74, 6) is -0.153. The number of carbonyl (C=O) groups is 1. The van der Waals surface area contributed by atoms with Crippen LogP contribution in [0.1, 0.15) is 10.4 Å². The fourth-order valence-corrected chi connectivity index (χ4v) is 4.28. The maximum atomic E-state index is 13.0. The first-order valence-electron chi connectivity index (χ1n) is 9.56. The molecule has 0 fully saturated rings. The molecule has 0 radical (unpaired) electrons. The molecule has 5 rings (SSSR count). The van der Waals surface area contributed by atoms with Gasteiger partial charge in [-0.1, -0.05) is 65.9 Å². The minimum atomic E-state index is -0.153. The van der Waals surface area contributed by atoms with Crippen LogP contribution in [-0.2, 0) is 0 Å². The van der Waals surface area contributed by atoms with Crippen LogP contribution < -0.4 is 5.32 Å². The molecule has 2 aromatic heterocycles.